The van der Waals surface area contributed by atoms with Crippen LogP contribution in [0.2, 0.25) is 0 Å². The van der Waals surface area contributed by atoms with Gasteiger partial charge in [-0.15, -0.1) is 0 Å². The molecule has 1 heterocycles. The van der Waals surface area contributed by atoms with Crippen molar-refractivity contribution in [3.8, 4) is 0 Å². The van der Waals surface area contributed by atoms with E-state index in [1.165, 1.54) is 22.6 Å². The van der Waals surface area contributed by atoms with E-state index in [1.807, 2.05) is 0 Å². The Labute approximate surface area is 110 Å². The van der Waals surface area contributed by atoms with Crippen LogP contribution in [-0.4, -0.2) is 4.98 Å². The minimum Gasteiger partial charge on any atom is -0.250 e. The van der Waals surface area contributed by atoms with Crippen LogP contribution in [0.3, 0.4) is 0 Å². The largest absolute Gasteiger partial charge is 0.419 e. The van der Waals surface area contributed by atoms with Gasteiger partial charge >= 0.3 is 6.18 Å². The number of alkyl halides is 6. The molecular weight excluding hydrogens is 412 g/mol. The van der Waals surface area contributed by atoms with Crippen LogP contribution in [-0.2, 0) is 11.5 Å². The second kappa shape index (κ2) is 5.11. The van der Waals surface area contributed by atoms with Gasteiger partial charge in [0.1, 0.15) is 5.69 Å². The van der Waals surface area contributed by atoms with Gasteiger partial charge in [0.15, 0.2) is 0 Å². The molecule has 0 fully saturated rings. The summed E-state index contributed by atoms with van der Waals surface area (Å²) in [5.74, 6) is 0. The summed E-state index contributed by atoms with van der Waals surface area (Å²) in [4.78, 5) is 3.30. The van der Waals surface area contributed by atoms with E-state index < -0.39 is 29.6 Å². The van der Waals surface area contributed by atoms with E-state index >= 15 is 0 Å². The lowest BCUT2D eigenvalue weighted by molar-refractivity contribution is -0.139. The summed E-state index contributed by atoms with van der Waals surface area (Å²) in [5, 5.41) is -0.224. The maximum absolute atomic E-state index is 12.6. The zero-order chi connectivity index (χ0) is 12.5. The molecule has 0 bridgehead atoms. The SMILES string of the molecule is FC(F)c1cc(I)c(C(F)(F)F)c(CBr)n1. The Morgan fingerprint density at radius 1 is 1.38 bits per heavy atom. The highest BCUT2D eigenvalue weighted by Crippen LogP contribution is 2.36. The van der Waals surface area contributed by atoms with Gasteiger partial charge in [-0.1, -0.05) is 15.9 Å². The lowest BCUT2D eigenvalue weighted by atomic mass is 10.2. The smallest absolute Gasteiger partial charge is 0.250 e. The maximum atomic E-state index is 12.6. The highest BCUT2D eigenvalue weighted by molar-refractivity contribution is 14.1. The molecule has 1 aromatic heterocycles. The predicted octanol–water partition coefficient (Wildman–Crippen LogP) is 4.54. The van der Waals surface area contributed by atoms with Crippen LogP contribution in [0.5, 0.6) is 0 Å². The van der Waals surface area contributed by atoms with Crippen molar-refractivity contribution >= 4 is 38.5 Å². The van der Waals surface area contributed by atoms with Gasteiger partial charge in [-0.2, -0.15) is 13.2 Å². The highest BCUT2D eigenvalue weighted by Gasteiger charge is 2.37. The molecule has 0 amide bonds. The summed E-state index contributed by atoms with van der Waals surface area (Å²) in [5.41, 5.74) is -2.03. The molecule has 0 N–H and O–H groups in total. The first-order chi connectivity index (χ1) is 7.27. The van der Waals surface area contributed by atoms with Gasteiger partial charge in [0.2, 0.25) is 0 Å². The summed E-state index contributed by atoms with van der Waals surface area (Å²) in [7, 11) is 0. The lowest BCUT2D eigenvalue weighted by Crippen LogP contribution is -2.14. The van der Waals surface area contributed by atoms with Crippen molar-refractivity contribution in [1.82, 2.24) is 4.98 Å². The monoisotopic (exact) mass is 415 g/mol. The third-order valence-corrected chi connectivity index (χ3v) is 3.08. The van der Waals surface area contributed by atoms with Gasteiger partial charge in [0, 0.05) is 8.90 Å². The molecule has 0 spiro atoms. The van der Waals surface area contributed by atoms with Crippen LogP contribution in [0.4, 0.5) is 22.0 Å². The fraction of sp³-hybridized carbons (Fsp3) is 0.375. The molecule has 1 rings (SSSR count). The van der Waals surface area contributed by atoms with Gasteiger partial charge in [0.05, 0.1) is 11.3 Å². The van der Waals surface area contributed by atoms with Crippen LogP contribution in [0, 0.1) is 3.57 Å². The molecule has 16 heavy (non-hydrogen) atoms. The van der Waals surface area contributed by atoms with Crippen molar-refractivity contribution in [3.05, 3.63) is 26.6 Å². The standard InChI is InChI=1S/C8H4BrF5IN/c9-2-5-6(8(12,13)14)3(15)1-4(16-5)7(10)11/h1,7H,2H2. The molecule has 0 aliphatic carbocycles. The van der Waals surface area contributed by atoms with Gasteiger partial charge in [-0.3, -0.25) is 4.98 Å². The van der Waals surface area contributed by atoms with Crippen molar-refractivity contribution in [2.45, 2.75) is 17.9 Å². The average molecular weight is 416 g/mol. The summed E-state index contributed by atoms with van der Waals surface area (Å²) in [6.07, 6.45) is -7.47. The molecule has 1 aromatic rings. The molecule has 8 heteroatoms. The second-order valence-electron chi connectivity index (χ2n) is 2.78. The molecule has 0 atom stereocenters. The maximum Gasteiger partial charge on any atom is 0.419 e. The fourth-order valence-electron chi connectivity index (χ4n) is 1.09. The minimum atomic E-state index is -4.59. The Bertz CT molecular complexity index is 393. The lowest BCUT2D eigenvalue weighted by Gasteiger charge is -2.14. The second-order valence-corrected chi connectivity index (χ2v) is 4.51. The zero-order valence-electron chi connectivity index (χ0n) is 7.45. The highest BCUT2D eigenvalue weighted by atomic mass is 127. The molecule has 0 saturated carbocycles. The van der Waals surface area contributed by atoms with E-state index in [9.17, 15) is 22.0 Å². The third-order valence-electron chi connectivity index (χ3n) is 1.70. The number of aromatic nitrogens is 1. The molecule has 0 saturated heterocycles. The van der Waals surface area contributed by atoms with Crippen LogP contribution in [0.15, 0.2) is 6.07 Å². The number of hydrogen-bond donors (Lipinski definition) is 0. The van der Waals surface area contributed by atoms with E-state index in [1.54, 1.807) is 0 Å². The molecule has 0 radical (unpaired) electrons. The van der Waals surface area contributed by atoms with Gasteiger partial charge in [-0.25, -0.2) is 8.78 Å². The van der Waals surface area contributed by atoms with Crippen LogP contribution in [0.25, 0.3) is 0 Å². The van der Waals surface area contributed by atoms with E-state index in [2.05, 4.69) is 20.9 Å². The molecule has 1 nitrogen and oxygen atoms in total. The number of hydrogen-bond acceptors (Lipinski definition) is 1. The van der Waals surface area contributed by atoms with E-state index in [0.717, 1.165) is 6.07 Å². The Balaban J connectivity index is 3.41. The van der Waals surface area contributed by atoms with Crippen LogP contribution >= 0.6 is 38.5 Å². The first-order valence-electron chi connectivity index (χ1n) is 3.88. The Morgan fingerprint density at radius 2 is 1.94 bits per heavy atom. The number of rotatable bonds is 2. The topological polar surface area (TPSA) is 12.9 Å². The van der Waals surface area contributed by atoms with E-state index in [0.29, 0.717) is 0 Å². The fourth-order valence-corrected chi connectivity index (χ4v) is 2.43. The van der Waals surface area contributed by atoms with Gasteiger partial charge < -0.3 is 0 Å². The van der Waals surface area contributed by atoms with Crippen LogP contribution in [0.1, 0.15) is 23.4 Å². The first-order valence-corrected chi connectivity index (χ1v) is 6.08. The van der Waals surface area contributed by atoms with E-state index in [-0.39, 0.29) is 8.90 Å². The third kappa shape index (κ3) is 3.02. The average Bonchev–Trinajstić information content (AvgIpc) is 2.14. The van der Waals surface area contributed by atoms with Crippen molar-refractivity contribution in [2.75, 3.05) is 0 Å². The Kier molecular flexibility index (Phi) is 4.49. The van der Waals surface area contributed by atoms with Gasteiger partial charge in [0.25, 0.3) is 6.43 Å². The molecule has 0 aromatic carbocycles. The summed E-state index contributed by atoms with van der Waals surface area (Å²) < 4.78 is 62.1. The number of nitrogens with zero attached hydrogens (tertiary/aromatic N) is 1. The van der Waals surface area contributed by atoms with Crippen molar-refractivity contribution in [2.24, 2.45) is 0 Å². The zero-order valence-corrected chi connectivity index (χ0v) is 11.2. The first kappa shape index (κ1) is 14.1. The normalized spacial score (nSPS) is 12.2. The number of pyridine rings is 1. The van der Waals surface area contributed by atoms with Crippen molar-refractivity contribution < 1.29 is 22.0 Å². The molecular formula is C8H4BrF5IN. The van der Waals surface area contributed by atoms with Crippen LogP contribution < -0.4 is 0 Å². The minimum absolute atomic E-state index is 0.224. The molecule has 0 unspecified atom stereocenters. The predicted molar refractivity (Wildman–Crippen MR) is 59.5 cm³/mol. The Morgan fingerprint density at radius 3 is 2.31 bits per heavy atom. The number of halogens is 7. The van der Waals surface area contributed by atoms with Crippen molar-refractivity contribution in [1.29, 1.82) is 0 Å². The molecule has 0 aliphatic heterocycles. The Hall–Kier alpha value is 0.01000. The molecule has 0 aliphatic rings. The van der Waals surface area contributed by atoms with Gasteiger partial charge in [-0.05, 0) is 28.7 Å². The quantitative estimate of drug-likeness (QED) is 0.392. The summed E-state index contributed by atoms with van der Waals surface area (Å²) >= 11 is 4.19. The van der Waals surface area contributed by atoms with E-state index in [4.69, 9.17) is 0 Å². The summed E-state index contributed by atoms with van der Waals surface area (Å²) in [6, 6.07) is 0.750. The van der Waals surface area contributed by atoms with Crippen molar-refractivity contribution in [3.63, 3.8) is 0 Å². The molecule has 90 valence electrons. The summed E-state index contributed by atoms with van der Waals surface area (Å²) in [6.45, 7) is 0.